The van der Waals surface area contributed by atoms with Crippen LogP contribution in [0.25, 0.3) is 22.2 Å². The summed E-state index contributed by atoms with van der Waals surface area (Å²) in [4.78, 5) is 12.0. The first-order valence-electron chi connectivity index (χ1n) is 10.9. The lowest BCUT2D eigenvalue weighted by atomic mass is 9.92. The fraction of sp³-hybridized carbons (Fsp3) is 0.375. The van der Waals surface area contributed by atoms with Crippen LogP contribution in [0.15, 0.2) is 42.5 Å². The molecule has 32 heavy (non-hydrogen) atoms. The zero-order valence-electron chi connectivity index (χ0n) is 18.2. The van der Waals surface area contributed by atoms with Crippen molar-refractivity contribution in [3.63, 3.8) is 0 Å². The highest BCUT2D eigenvalue weighted by Crippen LogP contribution is 2.44. The van der Waals surface area contributed by atoms with Gasteiger partial charge in [-0.15, -0.1) is 0 Å². The molecule has 3 aromatic rings. The number of carbonyl (C=O) groups is 1. The van der Waals surface area contributed by atoms with Gasteiger partial charge in [-0.3, -0.25) is 0 Å². The number of nitrogen functional groups attached to an aromatic ring is 1. The number of carbonyl (C=O) groups excluding carboxylic acids is 1. The van der Waals surface area contributed by atoms with Crippen molar-refractivity contribution in [2.24, 2.45) is 0 Å². The van der Waals surface area contributed by atoms with Crippen LogP contribution in [0.1, 0.15) is 39.2 Å². The van der Waals surface area contributed by atoms with Crippen LogP contribution in [0.5, 0.6) is 5.75 Å². The van der Waals surface area contributed by atoms with Crippen molar-refractivity contribution >= 4 is 28.3 Å². The van der Waals surface area contributed by atoms with Crippen LogP contribution in [0.3, 0.4) is 0 Å². The maximum atomic E-state index is 12.6. The molecular weight excluding hydrogens is 414 g/mol. The summed E-state index contributed by atoms with van der Waals surface area (Å²) < 4.78 is 32.6. The largest absolute Gasteiger partial charge is 0.488 e. The molecule has 6 nitrogen and oxygen atoms in total. The lowest BCUT2D eigenvalue weighted by Crippen LogP contribution is -2.34. The minimum Gasteiger partial charge on any atom is -0.488 e. The molecule has 1 fully saturated rings. The van der Waals surface area contributed by atoms with Crippen LogP contribution in [0.4, 0.5) is 25.0 Å². The minimum atomic E-state index is -2.53. The Labute approximate surface area is 185 Å². The number of amides is 2. The first-order valence-corrected chi connectivity index (χ1v) is 10.9. The van der Waals surface area contributed by atoms with Crippen LogP contribution < -0.4 is 21.1 Å². The van der Waals surface area contributed by atoms with Crippen LogP contribution in [0, 0.1) is 0 Å². The van der Waals surface area contributed by atoms with Crippen molar-refractivity contribution in [3.05, 3.63) is 42.5 Å². The van der Waals surface area contributed by atoms with Crippen LogP contribution >= 0.6 is 0 Å². The number of nitrogens with two attached hydrogens (primary N) is 1. The Morgan fingerprint density at radius 1 is 1.19 bits per heavy atom. The highest BCUT2D eigenvalue weighted by atomic mass is 19.3. The number of aromatic nitrogens is 1. The molecule has 0 radical (unpaired) electrons. The van der Waals surface area contributed by atoms with Gasteiger partial charge in [0.2, 0.25) is 0 Å². The van der Waals surface area contributed by atoms with E-state index in [1.165, 1.54) is 0 Å². The molecule has 1 heterocycles. The smallest absolute Gasteiger partial charge is 0.319 e. The fourth-order valence-electron chi connectivity index (χ4n) is 4.03. The van der Waals surface area contributed by atoms with E-state index in [1.54, 1.807) is 12.1 Å². The van der Waals surface area contributed by atoms with Gasteiger partial charge in [-0.25, -0.2) is 13.6 Å². The Kier molecular flexibility index (Phi) is 6.21. The van der Waals surface area contributed by atoms with E-state index in [4.69, 9.17) is 10.5 Å². The summed E-state index contributed by atoms with van der Waals surface area (Å²) in [7, 11) is 0. The summed E-state index contributed by atoms with van der Waals surface area (Å²) in [5.41, 5.74) is 10.6. The molecule has 0 aliphatic heterocycles. The topological polar surface area (TPSA) is 81.3 Å². The average Bonchev–Trinajstić information content (AvgIpc) is 2.97. The minimum absolute atomic E-state index is 0.0434. The van der Waals surface area contributed by atoms with Crippen molar-refractivity contribution in [1.82, 2.24) is 9.88 Å². The first kappa shape index (κ1) is 21.9. The third-order valence-corrected chi connectivity index (χ3v) is 5.67. The van der Waals surface area contributed by atoms with Crippen LogP contribution in [0.2, 0.25) is 0 Å². The first-order chi connectivity index (χ1) is 15.3. The standard InChI is InChI=1S/C24H28F2N4O2/c1-14(2)28-24(31)29-16-8-6-15(7-9-16)23-22(27)19-12-18(32-13-21(25)26)10-11-20(19)30(23)17-4-3-5-17/h6-12,14,17,21H,3-5,13,27H2,1-2H3,(H2,28,29,31). The molecule has 0 saturated heterocycles. The van der Waals surface area contributed by atoms with Crippen molar-refractivity contribution in [1.29, 1.82) is 0 Å². The Hall–Kier alpha value is -3.29. The summed E-state index contributed by atoms with van der Waals surface area (Å²) in [6.07, 6.45) is 0.754. The third kappa shape index (κ3) is 4.49. The summed E-state index contributed by atoms with van der Waals surface area (Å²) in [6.45, 7) is 3.14. The van der Waals surface area contributed by atoms with E-state index in [1.807, 2.05) is 44.2 Å². The number of nitrogens with zero attached hydrogens (tertiary/aromatic N) is 1. The van der Waals surface area contributed by atoms with Gasteiger partial charge in [-0.1, -0.05) is 12.1 Å². The monoisotopic (exact) mass is 442 g/mol. The fourth-order valence-corrected chi connectivity index (χ4v) is 4.03. The van der Waals surface area contributed by atoms with Crippen molar-refractivity contribution in [3.8, 4) is 17.0 Å². The normalized spacial score (nSPS) is 14.1. The second kappa shape index (κ2) is 9.06. The van der Waals surface area contributed by atoms with Gasteiger partial charge >= 0.3 is 6.03 Å². The van der Waals surface area contributed by atoms with Gasteiger partial charge in [0, 0.05) is 28.7 Å². The van der Waals surface area contributed by atoms with Gasteiger partial charge in [-0.2, -0.15) is 0 Å². The molecule has 0 spiro atoms. The zero-order chi connectivity index (χ0) is 22.8. The van der Waals surface area contributed by atoms with Gasteiger partial charge < -0.3 is 25.7 Å². The number of nitrogens with one attached hydrogen (secondary N) is 2. The highest BCUT2D eigenvalue weighted by molar-refractivity contribution is 6.02. The number of anilines is 2. The molecule has 0 bridgehead atoms. The predicted molar refractivity (Wildman–Crippen MR) is 123 cm³/mol. The molecule has 1 aromatic heterocycles. The maximum Gasteiger partial charge on any atom is 0.319 e. The molecule has 0 unspecified atom stereocenters. The number of hydrogen-bond donors (Lipinski definition) is 3. The summed E-state index contributed by atoms with van der Waals surface area (Å²) in [5.74, 6) is 0.373. The lowest BCUT2D eigenvalue weighted by molar-refractivity contribution is 0.0820. The summed E-state index contributed by atoms with van der Waals surface area (Å²) >= 11 is 0. The summed E-state index contributed by atoms with van der Waals surface area (Å²) in [5, 5.41) is 6.40. The number of fused-ring (bicyclic) bond motifs is 1. The predicted octanol–water partition coefficient (Wildman–Crippen LogP) is 5.79. The molecule has 2 amide bonds. The Morgan fingerprint density at radius 3 is 2.50 bits per heavy atom. The molecule has 1 saturated carbocycles. The van der Waals surface area contributed by atoms with Crippen molar-refractivity contribution in [2.45, 2.75) is 51.6 Å². The molecule has 1 aliphatic rings. The number of alkyl halides is 2. The average molecular weight is 443 g/mol. The Bertz CT molecular complexity index is 1110. The van der Waals surface area contributed by atoms with E-state index in [0.717, 1.165) is 41.4 Å². The number of rotatable bonds is 7. The molecule has 4 rings (SSSR count). The summed E-state index contributed by atoms with van der Waals surface area (Å²) in [6, 6.07) is 13.0. The molecule has 0 atom stereocenters. The van der Waals surface area contributed by atoms with Gasteiger partial charge in [0.15, 0.2) is 0 Å². The van der Waals surface area contributed by atoms with E-state index in [0.29, 0.717) is 23.2 Å². The highest BCUT2D eigenvalue weighted by Gasteiger charge is 2.27. The lowest BCUT2D eigenvalue weighted by Gasteiger charge is -2.30. The second-order valence-electron chi connectivity index (χ2n) is 8.43. The number of ether oxygens (including phenoxy) is 1. The second-order valence-corrected chi connectivity index (χ2v) is 8.43. The van der Waals surface area contributed by atoms with Gasteiger partial charge in [0.1, 0.15) is 12.4 Å². The number of hydrogen-bond acceptors (Lipinski definition) is 3. The van der Waals surface area contributed by atoms with E-state index in [-0.39, 0.29) is 12.1 Å². The van der Waals surface area contributed by atoms with Crippen molar-refractivity contribution < 1.29 is 18.3 Å². The van der Waals surface area contributed by atoms with E-state index in [2.05, 4.69) is 15.2 Å². The van der Waals surface area contributed by atoms with E-state index in [9.17, 15) is 13.6 Å². The third-order valence-electron chi connectivity index (χ3n) is 5.67. The van der Waals surface area contributed by atoms with Crippen LogP contribution in [-0.2, 0) is 0 Å². The van der Waals surface area contributed by atoms with Gasteiger partial charge in [0.25, 0.3) is 6.43 Å². The molecular formula is C24H28F2N4O2. The number of benzene rings is 2. The quantitative estimate of drug-likeness (QED) is 0.433. The SMILES string of the molecule is CC(C)NC(=O)Nc1ccc(-c2c(N)c3cc(OCC(F)F)ccc3n2C2CCC2)cc1. The van der Waals surface area contributed by atoms with Gasteiger partial charge in [-0.05, 0) is 63.4 Å². The molecule has 170 valence electrons. The van der Waals surface area contributed by atoms with Crippen molar-refractivity contribution in [2.75, 3.05) is 17.7 Å². The van der Waals surface area contributed by atoms with Crippen LogP contribution in [-0.4, -0.2) is 29.7 Å². The number of urea groups is 1. The Morgan fingerprint density at radius 2 is 1.91 bits per heavy atom. The maximum absolute atomic E-state index is 12.6. The van der Waals surface area contributed by atoms with E-state index >= 15 is 0 Å². The molecule has 2 aromatic carbocycles. The number of halogens is 2. The Balaban J connectivity index is 1.69. The van der Waals surface area contributed by atoms with Gasteiger partial charge in [0.05, 0.1) is 16.9 Å². The van der Waals surface area contributed by atoms with E-state index < -0.39 is 13.0 Å². The molecule has 8 heteroatoms. The molecule has 1 aliphatic carbocycles. The molecule has 4 N–H and O–H groups in total. The zero-order valence-corrected chi connectivity index (χ0v) is 18.2.